The van der Waals surface area contributed by atoms with E-state index in [9.17, 15) is 4.79 Å². The first-order valence-corrected chi connectivity index (χ1v) is 7.20. The van der Waals surface area contributed by atoms with E-state index in [4.69, 9.17) is 4.74 Å². The van der Waals surface area contributed by atoms with Crippen molar-refractivity contribution in [2.24, 2.45) is 0 Å². The van der Waals surface area contributed by atoms with Crippen molar-refractivity contribution in [3.05, 3.63) is 18.0 Å². The number of aromatic nitrogens is 2. The Kier molecular flexibility index (Phi) is 5.89. The summed E-state index contributed by atoms with van der Waals surface area (Å²) in [6.45, 7) is 2.04. The summed E-state index contributed by atoms with van der Waals surface area (Å²) < 4.78 is 4.88. The van der Waals surface area contributed by atoms with Crippen LogP contribution in [0.2, 0.25) is 0 Å². The predicted molar refractivity (Wildman–Crippen MR) is 80.0 cm³/mol. The molecular formula is C14H23N5O2. The van der Waals surface area contributed by atoms with E-state index in [2.05, 4.69) is 20.6 Å². The molecule has 1 saturated carbocycles. The van der Waals surface area contributed by atoms with Gasteiger partial charge in [-0.25, -0.2) is 9.97 Å². The zero-order chi connectivity index (χ0) is 15.1. The highest BCUT2D eigenvalue weighted by Crippen LogP contribution is 2.19. The number of anilines is 1. The van der Waals surface area contributed by atoms with E-state index in [-0.39, 0.29) is 12.5 Å². The van der Waals surface area contributed by atoms with Crippen LogP contribution in [0.15, 0.2) is 12.4 Å². The zero-order valence-corrected chi connectivity index (χ0v) is 12.6. The fraction of sp³-hybridized carbons (Fsp3) is 0.643. The summed E-state index contributed by atoms with van der Waals surface area (Å²) in [5.74, 6) is 0.477. The largest absolute Gasteiger partial charge is 0.383 e. The third kappa shape index (κ3) is 5.65. The van der Waals surface area contributed by atoms with Crippen LogP contribution in [0.4, 0.5) is 5.95 Å². The molecule has 2 N–H and O–H groups in total. The van der Waals surface area contributed by atoms with Crippen LogP contribution < -0.4 is 15.5 Å². The molecule has 0 spiro atoms. The highest BCUT2D eigenvalue weighted by Gasteiger charge is 2.20. The lowest BCUT2D eigenvalue weighted by Gasteiger charge is -2.16. The molecule has 1 aliphatic carbocycles. The number of rotatable bonds is 9. The van der Waals surface area contributed by atoms with Crippen LogP contribution in [0.3, 0.4) is 0 Å². The number of carbonyl (C=O) groups is 1. The van der Waals surface area contributed by atoms with Gasteiger partial charge in [-0.2, -0.15) is 0 Å². The van der Waals surface area contributed by atoms with Gasteiger partial charge >= 0.3 is 0 Å². The van der Waals surface area contributed by atoms with Gasteiger partial charge in [0.2, 0.25) is 11.9 Å². The van der Waals surface area contributed by atoms with Crippen molar-refractivity contribution in [2.75, 3.05) is 38.8 Å². The molecule has 21 heavy (non-hydrogen) atoms. The Morgan fingerprint density at radius 2 is 2.14 bits per heavy atom. The van der Waals surface area contributed by atoms with E-state index in [0.29, 0.717) is 25.1 Å². The van der Waals surface area contributed by atoms with E-state index in [1.54, 1.807) is 31.5 Å². The van der Waals surface area contributed by atoms with Crippen molar-refractivity contribution in [3.8, 4) is 0 Å². The average molecular weight is 293 g/mol. The van der Waals surface area contributed by atoms with Crippen LogP contribution in [0, 0.1) is 0 Å². The molecule has 0 bridgehead atoms. The summed E-state index contributed by atoms with van der Waals surface area (Å²) in [7, 11) is 3.40. The molecule has 1 heterocycles. The molecule has 0 aliphatic heterocycles. The lowest BCUT2D eigenvalue weighted by atomic mass is 10.3. The fourth-order valence-corrected chi connectivity index (χ4v) is 1.82. The van der Waals surface area contributed by atoms with Gasteiger partial charge in [-0.3, -0.25) is 4.79 Å². The van der Waals surface area contributed by atoms with E-state index in [0.717, 1.165) is 12.1 Å². The van der Waals surface area contributed by atoms with E-state index < -0.39 is 0 Å². The quantitative estimate of drug-likeness (QED) is 0.620. The maximum atomic E-state index is 11.7. The number of hydrogen-bond donors (Lipinski definition) is 2. The first-order valence-electron chi connectivity index (χ1n) is 7.20. The van der Waals surface area contributed by atoms with E-state index in [1.807, 2.05) is 0 Å². The summed E-state index contributed by atoms with van der Waals surface area (Å²) in [6.07, 6.45) is 6.13. The molecule has 1 aromatic heterocycles. The molecule has 0 unspecified atom stereocenters. The number of nitrogens with zero attached hydrogens (tertiary/aromatic N) is 3. The summed E-state index contributed by atoms with van der Waals surface area (Å²) in [4.78, 5) is 22.0. The van der Waals surface area contributed by atoms with E-state index in [1.165, 1.54) is 12.8 Å². The maximum Gasteiger partial charge on any atom is 0.239 e. The lowest BCUT2D eigenvalue weighted by molar-refractivity contribution is -0.119. The smallest absolute Gasteiger partial charge is 0.239 e. The predicted octanol–water partition coefficient (Wildman–Crippen LogP) is -0.0726. The zero-order valence-electron chi connectivity index (χ0n) is 12.6. The summed E-state index contributed by atoms with van der Waals surface area (Å²) in [6, 6.07) is 0.670. The van der Waals surface area contributed by atoms with Crippen molar-refractivity contribution in [3.63, 3.8) is 0 Å². The molecule has 0 saturated heterocycles. The van der Waals surface area contributed by atoms with Gasteiger partial charge < -0.3 is 20.3 Å². The van der Waals surface area contributed by atoms with Gasteiger partial charge in [0, 0.05) is 51.2 Å². The third-order valence-corrected chi connectivity index (χ3v) is 3.21. The molecular weight excluding hydrogens is 270 g/mol. The highest BCUT2D eigenvalue weighted by molar-refractivity contribution is 5.80. The minimum absolute atomic E-state index is 0.0716. The standard InChI is InChI=1S/C14H23N5O2/c1-19(10-13(20)15-5-6-21-2)14-17-8-11(9-18-14)7-16-12-3-4-12/h8-9,12,16H,3-7,10H2,1-2H3,(H,15,20). The van der Waals surface area contributed by atoms with Gasteiger partial charge in [0.1, 0.15) is 0 Å². The number of methoxy groups -OCH3 is 1. The Morgan fingerprint density at radius 1 is 1.43 bits per heavy atom. The first kappa shape index (κ1) is 15.7. The molecule has 0 atom stereocenters. The molecule has 2 rings (SSSR count). The molecule has 0 radical (unpaired) electrons. The minimum atomic E-state index is -0.0716. The van der Waals surface area contributed by atoms with Crippen molar-refractivity contribution in [1.82, 2.24) is 20.6 Å². The maximum absolute atomic E-state index is 11.7. The summed E-state index contributed by atoms with van der Waals surface area (Å²) in [5.41, 5.74) is 1.06. The number of likely N-dealkylation sites (N-methyl/N-ethyl adjacent to an activating group) is 1. The van der Waals surface area contributed by atoms with Gasteiger partial charge in [-0.15, -0.1) is 0 Å². The number of nitrogens with one attached hydrogen (secondary N) is 2. The second-order valence-corrected chi connectivity index (χ2v) is 5.25. The Labute approximate surface area is 125 Å². The van der Waals surface area contributed by atoms with Gasteiger partial charge in [0.05, 0.1) is 13.2 Å². The van der Waals surface area contributed by atoms with Crippen LogP contribution in [-0.2, 0) is 16.1 Å². The van der Waals surface area contributed by atoms with Crippen molar-refractivity contribution in [2.45, 2.75) is 25.4 Å². The molecule has 1 aliphatic rings. The number of hydrogen-bond acceptors (Lipinski definition) is 6. The molecule has 1 aromatic rings. The van der Waals surface area contributed by atoms with Crippen molar-refractivity contribution in [1.29, 1.82) is 0 Å². The van der Waals surface area contributed by atoms with Gasteiger partial charge in [-0.1, -0.05) is 0 Å². The normalized spacial score (nSPS) is 14.0. The second kappa shape index (κ2) is 7.90. The fourth-order valence-electron chi connectivity index (χ4n) is 1.82. The number of ether oxygens (including phenoxy) is 1. The third-order valence-electron chi connectivity index (χ3n) is 3.21. The van der Waals surface area contributed by atoms with Crippen molar-refractivity contribution >= 4 is 11.9 Å². The van der Waals surface area contributed by atoms with Crippen LogP contribution >= 0.6 is 0 Å². The number of amides is 1. The second-order valence-electron chi connectivity index (χ2n) is 5.25. The molecule has 7 nitrogen and oxygen atoms in total. The molecule has 116 valence electrons. The Morgan fingerprint density at radius 3 is 2.76 bits per heavy atom. The van der Waals surface area contributed by atoms with Crippen LogP contribution in [0.5, 0.6) is 0 Å². The molecule has 1 fully saturated rings. The Bertz CT molecular complexity index is 447. The monoisotopic (exact) mass is 293 g/mol. The van der Waals surface area contributed by atoms with Crippen molar-refractivity contribution < 1.29 is 9.53 Å². The topological polar surface area (TPSA) is 79.4 Å². The van der Waals surface area contributed by atoms with Crippen LogP contribution in [-0.4, -0.2) is 55.8 Å². The Balaban J connectivity index is 1.75. The minimum Gasteiger partial charge on any atom is -0.383 e. The average Bonchev–Trinajstić information content (AvgIpc) is 3.30. The molecule has 1 amide bonds. The van der Waals surface area contributed by atoms with E-state index >= 15 is 0 Å². The van der Waals surface area contributed by atoms with Crippen LogP contribution in [0.25, 0.3) is 0 Å². The molecule has 7 heteroatoms. The molecule has 0 aromatic carbocycles. The lowest BCUT2D eigenvalue weighted by Crippen LogP contribution is -2.37. The van der Waals surface area contributed by atoms with Crippen LogP contribution in [0.1, 0.15) is 18.4 Å². The first-order chi connectivity index (χ1) is 10.2. The summed E-state index contributed by atoms with van der Waals surface area (Å²) >= 11 is 0. The SMILES string of the molecule is COCCNC(=O)CN(C)c1ncc(CNC2CC2)cn1. The van der Waals surface area contributed by atoms with Gasteiger partial charge in [0.15, 0.2) is 0 Å². The van der Waals surface area contributed by atoms with Gasteiger partial charge in [-0.05, 0) is 12.8 Å². The van der Waals surface area contributed by atoms with Gasteiger partial charge in [0.25, 0.3) is 0 Å². The summed E-state index contributed by atoms with van der Waals surface area (Å²) in [5, 5.41) is 6.18. The Hall–Kier alpha value is -1.73. The highest BCUT2D eigenvalue weighted by atomic mass is 16.5. The number of carbonyl (C=O) groups excluding carboxylic acids is 1.